The zero-order chi connectivity index (χ0) is 13.8. The fraction of sp³-hybridized carbons (Fsp3) is 0.467. The van der Waals surface area contributed by atoms with Gasteiger partial charge < -0.3 is 5.32 Å². The number of aromatic nitrogens is 2. The number of benzene rings is 1. The van der Waals surface area contributed by atoms with Gasteiger partial charge in [0.05, 0.1) is 17.2 Å². The third kappa shape index (κ3) is 2.84. The molecule has 2 unspecified atom stereocenters. The quantitative estimate of drug-likeness (QED) is 0.893. The summed E-state index contributed by atoms with van der Waals surface area (Å²) in [5.74, 6) is 0.517. The van der Waals surface area contributed by atoms with E-state index < -0.39 is 0 Å². The predicted octanol–water partition coefficient (Wildman–Crippen LogP) is 2.03. The van der Waals surface area contributed by atoms with Crippen LogP contribution in [0.15, 0.2) is 35.4 Å². The van der Waals surface area contributed by atoms with Crippen LogP contribution in [-0.4, -0.2) is 22.6 Å². The van der Waals surface area contributed by atoms with Crippen LogP contribution >= 0.6 is 0 Å². The topological polar surface area (TPSA) is 46.9 Å². The van der Waals surface area contributed by atoms with E-state index >= 15 is 0 Å². The molecular weight excluding hydrogens is 238 g/mol. The van der Waals surface area contributed by atoms with Crippen LogP contribution in [0.5, 0.6) is 0 Å². The monoisotopic (exact) mass is 259 g/mol. The third-order valence-corrected chi connectivity index (χ3v) is 3.83. The Kier molecular flexibility index (Phi) is 4.32. The minimum atomic E-state index is 0.0363. The van der Waals surface area contributed by atoms with Crippen LogP contribution in [-0.2, 0) is 6.54 Å². The van der Waals surface area contributed by atoms with E-state index in [1.807, 2.05) is 31.3 Å². The van der Waals surface area contributed by atoms with Gasteiger partial charge >= 0.3 is 0 Å². The second-order valence-electron chi connectivity index (χ2n) is 5.00. The van der Waals surface area contributed by atoms with Gasteiger partial charge in [-0.25, -0.2) is 4.98 Å². The number of para-hydroxylation sites is 1. The first-order valence-electron chi connectivity index (χ1n) is 6.78. The molecule has 0 aliphatic carbocycles. The maximum atomic E-state index is 12.4. The van der Waals surface area contributed by atoms with Crippen molar-refractivity contribution >= 4 is 10.9 Å². The van der Waals surface area contributed by atoms with Gasteiger partial charge in [-0.05, 0) is 25.1 Å². The Morgan fingerprint density at radius 1 is 1.37 bits per heavy atom. The van der Waals surface area contributed by atoms with Crippen molar-refractivity contribution in [3.05, 3.63) is 40.9 Å². The van der Waals surface area contributed by atoms with Crippen LogP contribution < -0.4 is 10.9 Å². The highest BCUT2D eigenvalue weighted by atomic mass is 16.1. The lowest BCUT2D eigenvalue weighted by atomic mass is 9.99. The van der Waals surface area contributed by atoms with Gasteiger partial charge in [0.2, 0.25) is 0 Å². The van der Waals surface area contributed by atoms with E-state index in [0.29, 0.717) is 17.8 Å². The van der Waals surface area contributed by atoms with Gasteiger partial charge in [0.1, 0.15) is 0 Å². The van der Waals surface area contributed by atoms with Crippen molar-refractivity contribution in [1.82, 2.24) is 14.9 Å². The van der Waals surface area contributed by atoms with Gasteiger partial charge in [-0.2, -0.15) is 0 Å². The first-order valence-corrected chi connectivity index (χ1v) is 6.78. The van der Waals surface area contributed by atoms with Crippen LogP contribution in [0.4, 0.5) is 0 Å². The Balaban J connectivity index is 2.35. The molecule has 1 heterocycles. The highest BCUT2D eigenvalue weighted by molar-refractivity contribution is 5.76. The van der Waals surface area contributed by atoms with E-state index in [1.54, 1.807) is 10.9 Å². The molecule has 1 aromatic carbocycles. The largest absolute Gasteiger partial charge is 0.315 e. The molecule has 0 saturated heterocycles. The summed E-state index contributed by atoms with van der Waals surface area (Å²) in [6.45, 7) is 5.01. The number of nitrogens with zero attached hydrogens (tertiary/aromatic N) is 2. The van der Waals surface area contributed by atoms with Crippen molar-refractivity contribution in [2.75, 3.05) is 7.05 Å². The summed E-state index contributed by atoms with van der Waals surface area (Å²) < 4.78 is 1.70. The van der Waals surface area contributed by atoms with Crippen LogP contribution in [0.2, 0.25) is 0 Å². The number of fused-ring (bicyclic) bond motifs is 1. The average molecular weight is 259 g/mol. The molecule has 0 bridgehead atoms. The summed E-state index contributed by atoms with van der Waals surface area (Å²) in [7, 11) is 1.94. The van der Waals surface area contributed by atoms with Crippen molar-refractivity contribution < 1.29 is 0 Å². The van der Waals surface area contributed by atoms with Crippen LogP contribution in [0.1, 0.15) is 20.3 Å². The Bertz CT molecular complexity index is 606. The van der Waals surface area contributed by atoms with Crippen molar-refractivity contribution in [2.45, 2.75) is 32.9 Å². The van der Waals surface area contributed by atoms with Gasteiger partial charge in [-0.15, -0.1) is 0 Å². The first kappa shape index (κ1) is 13.7. The zero-order valence-corrected chi connectivity index (χ0v) is 11.8. The van der Waals surface area contributed by atoms with E-state index in [2.05, 4.69) is 24.1 Å². The third-order valence-electron chi connectivity index (χ3n) is 3.83. The highest BCUT2D eigenvalue weighted by Gasteiger charge is 2.15. The standard InChI is InChI=1S/C15H21N3O/c1-4-11(2)14(16-3)9-18-10-17-13-8-6-5-7-12(13)15(18)19/h5-8,10-11,14,16H,4,9H2,1-3H3. The molecule has 19 heavy (non-hydrogen) atoms. The molecule has 0 aliphatic heterocycles. The van der Waals surface area contributed by atoms with Crippen molar-refractivity contribution in [2.24, 2.45) is 5.92 Å². The van der Waals surface area contributed by atoms with Crippen LogP contribution in [0.25, 0.3) is 10.9 Å². The van der Waals surface area contributed by atoms with E-state index in [9.17, 15) is 4.79 Å². The number of rotatable bonds is 5. The van der Waals surface area contributed by atoms with Crippen LogP contribution in [0.3, 0.4) is 0 Å². The Labute approximate surface area is 113 Å². The van der Waals surface area contributed by atoms with Crippen molar-refractivity contribution in [3.8, 4) is 0 Å². The summed E-state index contributed by atoms with van der Waals surface area (Å²) in [6.07, 6.45) is 2.73. The summed E-state index contributed by atoms with van der Waals surface area (Å²) in [5, 5.41) is 3.97. The van der Waals surface area contributed by atoms with Gasteiger partial charge in [0, 0.05) is 12.6 Å². The van der Waals surface area contributed by atoms with Gasteiger partial charge in [0.15, 0.2) is 0 Å². The molecule has 0 amide bonds. The molecule has 0 fully saturated rings. The molecule has 0 radical (unpaired) electrons. The summed E-state index contributed by atoms with van der Waals surface area (Å²) in [5.41, 5.74) is 0.794. The van der Waals surface area contributed by atoms with E-state index in [0.717, 1.165) is 11.9 Å². The number of hydrogen-bond donors (Lipinski definition) is 1. The van der Waals surface area contributed by atoms with E-state index in [-0.39, 0.29) is 11.6 Å². The van der Waals surface area contributed by atoms with Gasteiger partial charge in [-0.1, -0.05) is 32.4 Å². The molecule has 0 saturated carbocycles. The minimum absolute atomic E-state index is 0.0363. The number of hydrogen-bond acceptors (Lipinski definition) is 3. The molecule has 0 aliphatic rings. The van der Waals surface area contributed by atoms with Gasteiger partial charge in [0.25, 0.3) is 5.56 Å². The lowest BCUT2D eigenvalue weighted by Gasteiger charge is -2.23. The van der Waals surface area contributed by atoms with Crippen LogP contribution in [0, 0.1) is 5.92 Å². The summed E-state index contributed by atoms with van der Waals surface area (Å²) >= 11 is 0. The van der Waals surface area contributed by atoms with Crippen molar-refractivity contribution in [1.29, 1.82) is 0 Å². The normalized spacial score (nSPS) is 14.5. The zero-order valence-electron chi connectivity index (χ0n) is 11.8. The average Bonchev–Trinajstić information content (AvgIpc) is 2.46. The second kappa shape index (κ2) is 5.97. The molecule has 1 N–H and O–H groups in total. The first-order chi connectivity index (χ1) is 9.17. The van der Waals surface area contributed by atoms with Gasteiger partial charge in [-0.3, -0.25) is 9.36 Å². The minimum Gasteiger partial charge on any atom is -0.315 e. The maximum Gasteiger partial charge on any atom is 0.261 e. The molecule has 0 spiro atoms. The Morgan fingerprint density at radius 3 is 2.79 bits per heavy atom. The molecule has 4 nitrogen and oxygen atoms in total. The molecule has 2 rings (SSSR count). The molecule has 102 valence electrons. The van der Waals surface area contributed by atoms with Crippen molar-refractivity contribution in [3.63, 3.8) is 0 Å². The molecular formula is C15H21N3O. The summed E-state index contributed by atoms with van der Waals surface area (Å²) in [6, 6.07) is 7.75. The van der Waals surface area contributed by atoms with E-state index in [1.165, 1.54) is 0 Å². The fourth-order valence-electron chi connectivity index (χ4n) is 2.29. The molecule has 2 aromatic rings. The molecule has 4 heteroatoms. The lowest BCUT2D eigenvalue weighted by molar-refractivity contribution is 0.344. The Morgan fingerprint density at radius 2 is 2.11 bits per heavy atom. The SMILES string of the molecule is CCC(C)C(Cn1cnc2ccccc2c1=O)NC. The molecule has 1 aromatic heterocycles. The molecule has 2 atom stereocenters. The number of nitrogens with one attached hydrogen (secondary N) is 1. The fourth-order valence-corrected chi connectivity index (χ4v) is 2.29. The number of likely N-dealkylation sites (N-methyl/N-ethyl adjacent to an activating group) is 1. The highest BCUT2D eigenvalue weighted by Crippen LogP contribution is 2.10. The Hall–Kier alpha value is -1.68. The maximum absolute atomic E-state index is 12.4. The summed E-state index contributed by atoms with van der Waals surface area (Å²) in [4.78, 5) is 16.7. The predicted molar refractivity (Wildman–Crippen MR) is 78.3 cm³/mol. The van der Waals surface area contributed by atoms with E-state index in [4.69, 9.17) is 0 Å². The smallest absolute Gasteiger partial charge is 0.261 e. The lowest BCUT2D eigenvalue weighted by Crippen LogP contribution is -2.39. The second-order valence-corrected chi connectivity index (χ2v) is 5.00.